The molecule has 5 rings (SSSR count). The molecule has 3 aliphatic heterocycles. The Morgan fingerprint density at radius 1 is 0.894 bits per heavy atom. The molecule has 2 amide bonds. The summed E-state index contributed by atoms with van der Waals surface area (Å²) in [6.45, 7) is 6.04. The van der Waals surface area contributed by atoms with Crippen LogP contribution in [0.5, 0.6) is 0 Å². The SMILES string of the molecule is CC1(CCCCCC(=O)O)C2=CC=CC=CC3=[N+](CCCSOOO)c4ccc(S(=O)(=O)O)cc4C3(C)CCCCCC(=O)NCCNC(=O)CCCCCN2c2ccc(SOO[O-])cc21. The van der Waals surface area contributed by atoms with Crippen LogP contribution < -0.4 is 20.8 Å². The van der Waals surface area contributed by atoms with E-state index in [4.69, 9.17) is 9.59 Å². The van der Waals surface area contributed by atoms with Gasteiger partial charge in [0.05, 0.1) is 22.4 Å². The molecule has 3 heterocycles. The molecule has 0 aromatic heterocycles. The quantitative estimate of drug-likeness (QED) is 0.0273. The van der Waals surface area contributed by atoms with Gasteiger partial charge in [0, 0.05) is 103 Å². The van der Waals surface area contributed by atoms with Crippen LogP contribution in [-0.2, 0) is 54.1 Å². The smallest absolute Gasteiger partial charge is 0.303 e. The summed E-state index contributed by atoms with van der Waals surface area (Å²) in [7, 11) is -4.52. The lowest BCUT2D eigenvalue weighted by Crippen LogP contribution is -2.34. The fourth-order valence-corrected chi connectivity index (χ4v) is 10.5. The van der Waals surface area contributed by atoms with Crippen LogP contribution in [0.25, 0.3) is 0 Å². The molecule has 0 fully saturated rings. The molecular formula is C46H62N4O13S3. The average molecular weight is 975 g/mol. The number of carbonyl (C=O) groups is 3. The number of nitrogens with one attached hydrogen (secondary N) is 2. The highest BCUT2D eigenvalue weighted by Gasteiger charge is 2.48. The Kier molecular flexibility index (Phi) is 20.7. The normalized spacial score (nSPS) is 21.5. The first-order chi connectivity index (χ1) is 31.7. The number of benzene rings is 2. The molecule has 0 saturated heterocycles. The van der Waals surface area contributed by atoms with Gasteiger partial charge in [-0.2, -0.15) is 17.3 Å². The highest BCUT2D eigenvalue weighted by molar-refractivity contribution is 7.94. The van der Waals surface area contributed by atoms with Crippen LogP contribution >= 0.6 is 24.1 Å². The van der Waals surface area contributed by atoms with Crippen molar-refractivity contribution in [3.8, 4) is 0 Å². The zero-order valence-corrected chi connectivity index (χ0v) is 40.0. The topological polar surface area (TPSA) is 236 Å². The number of hydrogen-bond acceptors (Lipinski definition) is 14. The second-order valence-corrected chi connectivity index (χ2v) is 20.0. The Morgan fingerprint density at radius 3 is 2.33 bits per heavy atom. The molecule has 2 aromatic rings. The molecule has 17 nitrogen and oxygen atoms in total. The van der Waals surface area contributed by atoms with Crippen LogP contribution in [0.2, 0.25) is 0 Å². The highest BCUT2D eigenvalue weighted by Crippen LogP contribution is 2.52. The summed E-state index contributed by atoms with van der Waals surface area (Å²) in [5, 5.41) is 41.9. The number of allylic oxidation sites excluding steroid dienone is 6. The third-order valence-corrected chi connectivity index (χ3v) is 14.5. The minimum atomic E-state index is -4.52. The third kappa shape index (κ3) is 14.5. The van der Waals surface area contributed by atoms with Crippen LogP contribution in [0, 0.1) is 0 Å². The first-order valence-corrected chi connectivity index (χ1v) is 25.5. The maximum Gasteiger partial charge on any atom is 0.303 e. The summed E-state index contributed by atoms with van der Waals surface area (Å²) >= 11 is 1.76. The predicted molar refractivity (Wildman–Crippen MR) is 249 cm³/mol. The minimum Gasteiger partial charge on any atom is -0.691 e. The van der Waals surface area contributed by atoms with Crippen molar-refractivity contribution in [3.05, 3.63) is 83.6 Å². The van der Waals surface area contributed by atoms with E-state index in [-0.39, 0.29) is 23.1 Å². The van der Waals surface area contributed by atoms with E-state index in [1.54, 1.807) is 6.07 Å². The summed E-state index contributed by atoms with van der Waals surface area (Å²) in [5.41, 5.74) is 4.27. The fourth-order valence-electron chi connectivity index (χ4n) is 9.22. The van der Waals surface area contributed by atoms with Gasteiger partial charge >= 0.3 is 5.97 Å². The Labute approximate surface area is 395 Å². The van der Waals surface area contributed by atoms with Gasteiger partial charge in [-0.05, 0) is 94.3 Å². The van der Waals surface area contributed by atoms with E-state index in [0.717, 1.165) is 90.1 Å². The Bertz CT molecular complexity index is 2240. The van der Waals surface area contributed by atoms with Gasteiger partial charge in [0.15, 0.2) is 5.71 Å². The average Bonchev–Trinajstić information content (AvgIpc) is 3.65. The van der Waals surface area contributed by atoms with Crippen molar-refractivity contribution in [1.82, 2.24) is 10.6 Å². The van der Waals surface area contributed by atoms with Crippen LogP contribution in [-0.4, -0.2) is 83.3 Å². The lowest BCUT2D eigenvalue weighted by Gasteiger charge is -2.30. The number of anilines is 1. The number of aliphatic carboxylic acids is 1. The summed E-state index contributed by atoms with van der Waals surface area (Å²) in [6.07, 6.45) is 19.1. The van der Waals surface area contributed by atoms with Gasteiger partial charge in [-0.25, -0.2) is 5.26 Å². The van der Waals surface area contributed by atoms with E-state index in [1.807, 2.05) is 42.5 Å². The lowest BCUT2D eigenvalue weighted by atomic mass is 9.75. The van der Waals surface area contributed by atoms with E-state index in [0.29, 0.717) is 94.6 Å². The number of amides is 2. The summed E-state index contributed by atoms with van der Waals surface area (Å²) in [4.78, 5) is 39.5. The van der Waals surface area contributed by atoms with Gasteiger partial charge in [-0.1, -0.05) is 55.4 Å². The number of hydrogen-bond donors (Lipinski definition) is 5. The van der Waals surface area contributed by atoms with Crippen molar-refractivity contribution in [2.24, 2.45) is 0 Å². The van der Waals surface area contributed by atoms with E-state index >= 15 is 0 Å². The molecule has 3 aliphatic rings. The van der Waals surface area contributed by atoms with Crippen molar-refractivity contribution in [1.29, 1.82) is 0 Å². The molecule has 0 spiro atoms. The Balaban J connectivity index is 1.56. The first kappa shape index (κ1) is 52.9. The number of carboxylic acids is 1. The molecule has 20 heteroatoms. The maximum absolute atomic E-state index is 12.7. The van der Waals surface area contributed by atoms with Crippen molar-refractivity contribution < 1.29 is 66.3 Å². The summed E-state index contributed by atoms with van der Waals surface area (Å²) in [5.74, 6) is -0.531. The largest absolute Gasteiger partial charge is 0.691 e. The predicted octanol–water partition coefficient (Wildman–Crippen LogP) is 7.55. The van der Waals surface area contributed by atoms with Crippen molar-refractivity contribution in [2.75, 3.05) is 36.8 Å². The number of nitrogens with zero attached hydrogens (tertiary/aromatic N) is 2. The standard InChI is InChI=1S/C46H62N4O13S3/c1-45(25-13-5-11-20-44(53)54)36-32-34(65-63-61-56)21-23-38(36)49-29-14-6-10-19-43(52)48-28-27-47-42(51)18-9-4-12-26-46(2)37-33-35(66(57,58)59)22-24-39(37)50(30-15-31-64-62-60-55)41(46)17-8-3-7-16-40(45)49/h3,7-8,16-17,21-24,32-33H,4-6,9-15,18-20,25-31H2,1-2H3,(H5-,47,48,51,52,53,54,55,56,57,58,59). The van der Waals surface area contributed by atoms with Crippen LogP contribution in [0.15, 0.2) is 82.3 Å². The second-order valence-electron chi connectivity index (χ2n) is 17.0. The molecule has 5 N–H and O–H groups in total. The molecule has 0 bridgehead atoms. The van der Waals surface area contributed by atoms with E-state index in [1.165, 1.54) is 12.1 Å². The van der Waals surface area contributed by atoms with Crippen molar-refractivity contribution in [2.45, 2.75) is 131 Å². The zero-order valence-electron chi connectivity index (χ0n) is 37.5. The molecule has 2 unspecified atom stereocenters. The van der Waals surface area contributed by atoms with Crippen LogP contribution in [0.1, 0.15) is 121 Å². The Morgan fingerprint density at radius 2 is 1.64 bits per heavy atom. The monoisotopic (exact) mass is 974 g/mol. The van der Waals surface area contributed by atoms with E-state index < -0.39 is 26.9 Å². The third-order valence-electron chi connectivity index (χ3n) is 12.5. The van der Waals surface area contributed by atoms with Crippen LogP contribution in [0.3, 0.4) is 0 Å². The lowest BCUT2D eigenvalue weighted by molar-refractivity contribution is -0.777. The number of rotatable bonds is 16. The number of carbonyl (C=O) groups excluding carboxylic acids is 2. The van der Waals surface area contributed by atoms with Gasteiger partial charge in [0.25, 0.3) is 10.1 Å². The zero-order chi connectivity index (χ0) is 47.6. The van der Waals surface area contributed by atoms with Crippen molar-refractivity contribution in [3.63, 3.8) is 0 Å². The summed E-state index contributed by atoms with van der Waals surface area (Å²) in [6, 6.07) is 10.5. The molecule has 2 atom stereocenters. The molecule has 0 radical (unpaired) electrons. The second kappa shape index (κ2) is 25.9. The summed E-state index contributed by atoms with van der Waals surface area (Å²) < 4.78 is 46.4. The number of unbranched alkanes of at least 4 members (excludes halogenated alkanes) is 2. The van der Waals surface area contributed by atoms with Gasteiger partial charge in [-0.15, -0.1) is 4.33 Å². The first-order valence-electron chi connectivity index (χ1n) is 22.5. The van der Waals surface area contributed by atoms with Crippen LogP contribution in [0.4, 0.5) is 11.4 Å². The molecule has 362 valence electrons. The van der Waals surface area contributed by atoms with Gasteiger partial charge in [0.2, 0.25) is 17.5 Å². The van der Waals surface area contributed by atoms with E-state index in [9.17, 15) is 37.7 Å². The molecule has 66 heavy (non-hydrogen) atoms. The number of fused-ring (bicyclic) bond motifs is 6. The molecule has 2 aromatic carbocycles. The molecular weight excluding hydrogens is 913 g/mol. The Hall–Kier alpha value is -4.09. The fraction of sp³-hybridized carbons (Fsp3) is 0.522. The van der Waals surface area contributed by atoms with E-state index in [2.05, 4.69) is 54.4 Å². The highest BCUT2D eigenvalue weighted by atomic mass is 32.2. The van der Waals surface area contributed by atoms with Crippen molar-refractivity contribution >= 4 is 69.1 Å². The van der Waals surface area contributed by atoms with Gasteiger partial charge < -0.3 is 25.9 Å². The van der Waals surface area contributed by atoms with Gasteiger partial charge in [0.1, 0.15) is 6.54 Å². The number of carboxylic acid groups (broad SMARTS) is 1. The maximum atomic E-state index is 12.7. The molecule has 0 saturated carbocycles. The minimum absolute atomic E-state index is 0.0746. The van der Waals surface area contributed by atoms with Gasteiger partial charge in [-0.3, -0.25) is 24.0 Å². The molecule has 0 aliphatic carbocycles.